The van der Waals surface area contributed by atoms with E-state index in [1.165, 1.54) is 35.7 Å². The van der Waals surface area contributed by atoms with Crippen LogP contribution in [-0.2, 0) is 16.8 Å². The van der Waals surface area contributed by atoms with Crippen molar-refractivity contribution in [3.05, 3.63) is 87.9 Å². The second-order valence-electron chi connectivity index (χ2n) is 10.2. The van der Waals surface area contributed by atoms with Gasteiger partial charge in [0, 0.05) is 36.5 Å². The van der Waals surface area contributed by atoms with Crippen LogP contribution in [0, 0.1) is 0 Å². The molecule has 0 unspecified atom stereocenters. The molecule has 5 rings (SSSR count). The molecule has 2 aliphatic rings. The Morgan fingerprint density at radius 3 is 2.67 bits per heavy atom. The highest BCUT2D eigenvalue weighted by Crippen LogP contribution is 2.46. The second kappa shape index (κ2) is 10.1. The number of benzene rings is 2. The lowest BCUT2D eigenvalue weighted by Gasteiger charge is -2.24. The fourth-order valence-electron chi connectivity index (χ4n) is 5.43. The predicted octanol–water partition coefficient (Wildman–Crippen LogP) is 6.26. The standard InChI is InChI=1S/C30H33N3O2S/c1-30(2)24-14-8-10-16-26(24)32(3)27(30)19-22(34)20-36-29-31-25-15-9-7-13-23(25)28(35)33(29)18-17-21-11-5-4-6-12-21/h7-11,13-16,19H,4-6,12,17-18,20H2,1-3H3. The van der Waals surface area contributed by atoms with Crippen molar-refractivity contribution in [3.63, 3.8) is 0 Å². The summed E-state index contributed by atoms with van der Waals surface area (Å²) in [6, 6.07) is 15.8. The van der Waals surface area contributed by atoms with Gasteiger partial charge >= 0.3 is 0 Å². The number of ketones is 1. The SMILES string of the molecule is CN1C(=CC(=O)CSc2nc3ccccc3c(=O)n2CCC2=CCCCC2)C(C)(C)c2ccccc21. The third-order valence-electron chi connectivity index (χ3n) is 7.45. The number of aromatic nitrogens is 2. The fraction of sp³-hybridized carbons (Fsp3) is 0.367. The van der Waals surface area contributed by atoms with E-state index in [1.54, 1.807) is 10.6 Å². The van der Waals surface area contributed by atoms with E-state index in [0.717, 1.165) is 30.6 Å². The summed E-state index contributed by atoms with van der Waals surface area (Å²) in [5.74, 6) is 0.253. The molecule has 2 heterocycles. The Morgan fingerprint density at radius 1 is 1.11 bits per heavy atom. The number of hydrogen-bond donors (Lipinski definition) is 0. The molecule has 0 radical (unpaired) electrons. The smallest absolute Gasteiger partial charge is 0.262 e. The minimum Gasteiger partial charge on any atom is -0.347 e. The summed E-state index contributed by atoms with van der Waals surface area (Å²) in [6.45, 7) is 4.90. The van der Waals surface area contributed by atoms with Crippen molar-refractivity contribution in [2.75, 3.05) is 17.7 Å². The average molecular weight is 500 g/mol. The number of hydrogen-bond acceptors (Lipinski definition) is 5. The molecule has 0 saturated carbocycles. The highest BCUT2D eigenvalue weighted by molar-refractivity contribution is 7.99. The van der Waals surface area contributed by atoms with Crippen molar-refractivity contribution >= 4 is 34.1 Å². The lowest BCUT2D eigenvalue weighted by atomic mass is 9.83. The monoisotopic (exact) mass is 499 g/mol. The van der Waals surface area contributed by atoms with Crippen molar-refractivity contribution in [2.24, 2.45) is 0 Å². The Hall–Kier alpha value is -3.12. The summed E-state index contributed by atoms with van der Waals surface area (Å²) >= 11 is 1.36. The Morgan fingerprint density at radius 2 is 1.89 bits per heavy atom. The fourth-order valence-corrected chi connectivity index (χ4v) is 6.28. The number of thioether (sulfide) groups is 1. The van der Waals surface area contributed by atoms with Gasteiger partial charge in [0.1, 0.15) is 0 Å². The molecule has 0 N–H and O–H groups in total. The van der Waals surface area contributed by atoms with Gasteiger partial charge in [0.2, 0.25) is 0 Å². The first-order valence-electron chi connectivity index (χ1n) is 12.7. The van der Waals surface area contributed by atoms with Crippen LogP contribution < -0.4 is 10.5 Å². The van der Waals surface area contributed by atoms with Gasteiger partial charge in [-0.1, -0.05) is 67.6 Å². The van der Waals surface area contributed by atoms with Crippen LogP contribution in [0.1, 0.15) is 51.5 Å². The number of likely N-dealkylation sites (N-methyl/N-ethyl adjacent to an activating group) is 1. The summed E-state index contributed by atoms with van der Waals surface area (Å²) in [7, 11) is 2.02. The topological polar surface area (TPSA) is 55.2 Å². The van der Waals surface area contributed by atoms with Crippen LogP contribution in [0.3, 0.4) is 0 Å². The van der Waals surface area contributed by atoms with Crippen LogP contribution in [0.4, 0.5) is 5.69 Å². The molecule has 3 aromatic rings. The van der Waals surface area contributed by atoms with E-state index >= 15 is 0 Å². The molecule has 0 atom stereocenters. The van der Waals surface area contributed by atoms with Gasteiger partial charge in [-0.3, -0.25) is 14.2 Å². The van der Waals surface area contributed by atoms with Gasteiger partial charge < -0.3 is 4.90 Å². The number of fused-ring (bicyclic) bond motifs is 2. The lowest BCUT2D eigenvalue weighted by molar-refractivity contribution is -0.112. The minimum atomic E-state index is -0.247. The Kier molecular flexibility index (Phi) is 6.89. The normalized spacial score (nSPS) is 17.9. The Balaban J connectivity index is 1.39. The van der Waals surface area contributed by atoms with Crippen molar-refractivity contribution in [1.82, 2.24) is 9.55 Å². The number of carbonyl (C=O) groups is 1. The van der Waals surface area contributed by atoms with Crippen LogP contribution in [-0.4, -0.2) is 28.1 Å². The molecule has 5 nitrogen and oxygen atoms in total. The molecule has 186 valence electrons. The average Bonchev–Trinajstić information content (AvgIpc) is 3.08. The van der Waals surface area contributed by atoms with E-state index in [-0.39, 0.29) is 22.5 Å². The summed E-state index contributed by atoms with van der Waals surface area (Å²) in [6.07, 6.45) is 9.64. The molecule has 0 amide bonds. The van der Waals surface area contributed by atoms with Crippen LogP contribution in [0.15, 0.2) is 81.9 Å². The van der Waals surface area contributed by atoms with Gasteiger partial charge in [0.05, 0.1) is 16.7 Å². The van der Waals surface area contributed by atoms with Gasteiger partial charge in [-0.15, -0.1) is 0 Å². The van der Waals surface area contributed by atoms with Crippen molar-refractivity contribution in [3.8, 4) is 0 Å². The highest BCUT2D eigenvalue weighted by Gasteiger charge is 2.38. The highest BCUT2D eigenvalue weighted by atomic mass is 32.2. The van der Waals surface area contributed by atoms with E-state index in [4.69, 9.17) is 4.98 Å². The van der Waals surface area contributed by atoms with Gasteiger partial charge in [0.25, 0.3) is 5.56 Å². The first kappa shape index (κ1) is 24.6. The number of allylic oxidation sites excluding steroid dienone is 4. The second-order valence-corrected chi connectivity index (χ2v) is 11.2. The molecule has 36 heavy (non-hydrogen) atoms. The maximum absolute atomic E-state index is 13.4. The van der Waals surface area contributed by atoms with Gasteiger partial charge in [-0.25, -0.2) is 4.98 Å². The predicted molar refractivity (Wildman–Crippen MR) is 149 cm³/mol. The first-order chi connectivity index (χ1) is 17.4. The summed E-state index contributed by atoms with van der Waals surface area (Å²) in [5.41, 5.74) is 5.17. The minimum absolute atomic E-state index is 0.0201. The first-order valence-corrected chi connectivity index (χ1v) is 13.7. The molecule has 0 fully saturated rings. The van der Waals surface area contributed by atoms with Crippen LogP contribution in [0.2, 0.25) is 0 Å². The number of rotatable bonds is 7. The third kappa shape index (κ3) is 4.66. The van der Waals surface area contributed by atoms with E-state index in [0.29, 0.717) is 22.6 Å². The maximum Gasteiger partial charge on any atom is 0.262 e. The zero-order chi connectivity index (χ0) is 25.3. The zero-order valence-corrected chi connectivity index (χ0v) is 22.1. The molecule has 6 heteroatoms. The van der Waals surface area contributed by atoms with E-state index < -0.39 is 0 Å². The van der Waals surface area contributed by atoms with Crippen LogP contribution in [0.5, 0.6) is 0 Å². The van der Waals surface area contributed by atoms with E-state index in [9.17, 15) is 9.59 Å². The third-order valence-corrected chi connectivity index (χ3v) is 8.45. The van der Waals surface area contributed by atoms with Crippen molar-refractivity contribution in [2.45, 2.75) is 63.1 Å². The molecule has 0 saturated heterocycles. The quantitative estimate of drug-likeness (QED) is 0.166. The molecular formula is C30H33N3O2S. The lowest BCUT2D eigenvalue weighted by Crippen LogP contribution is -2.25. The van der Waals surface area contributed by atoms with Crippen molar-refractivity contribution < 1.29 is 4.79 Å². The molecule has 2 aromatic carbocycles. The molecule has 1 aromatic heterocycles. The Bertz CT molecular complexity index is 1430. The molecule has 1 aliphatic heterocycles. The summed E-state index contributed by atoms with van der Waals surface area (Å²) in [4.78, 5) is 33.5. The molecule has 0 bridgehead atoms. The Labute approximate surface area is 216 Å². The van der Waals surface area contributed by atoms with Crippen molar-refractivity contribution in [1.29, 1.82) is 0 Å². The van der Waals surface area contributed by atoms with Crippen LogP contribution >= 0.6 is 11.8 Å². The van der Waals surface area contributed by atoms with Gasteiger partial charge in [-0.05, 0) is 55.9 Å². The largest absolute Gasteiger partial charge is 0.347 e. The molecule has 1 aliphatic carbocycles. The summed E-state index contributed by atoms with van der Waals surface area (Å²) in [5, 5.41) is 1.24. The van der Waals surface area contributed by atoms with E-state index in [2.05, 4.69) is 37.0 Å². The number of carbonyl (C=O) groups excluding carboxylic acids is 1. The van der Waals surface area contributed by atoms with Gasteiger partial charge in [-0.2, -0.15) is 0 Å². The zero-order valence-electron chi connectivity index (χ0n) is 21.3. The molecular weight excluding hydrogens is 466 g/mol. The van der Waals surface area contributed by atoms with E-state index in [1.807, 2.05) is 43.4 Å². The number of anilines is 1. The van der Waals surface area contributed by atoms with Gasteiger partial charge in [0.15, 0.2) is 10.9 Å². The molecule has 0 spiro atoms. The number of para-hydroxylation sites is 2. The summed E-state index contributed by atoms with van der Waals surface area (Å²) < 4.78 is 1.77. The maximum atomic E-state index is 13.4. The van der Waals surface area contributed by atoms with Crippen LogP contribution in [0.25, 0.3) is 10.9 Å². The number of nitrogens with zero attached hydrogens (tertiary/aromatic N) is 3.